The largest absolute Gasteiger partial charge is 0.490 e. The van der Waals surface area contributed by atoms with Gasteiger partial charge in [-0.3, -0.25) is 14.7 Å². The Hall–Kier alpha value is -2.42. The Kier molecular flexibility index (Phi) is 6.21. The standard InChI is InChI=1S/C19H25N3O.C2HF3O2/c1-3-17-20-18(23)19(21-17)9-8-15-11-22(12-16(15)19)10-14-7-5-4-6-13(14)2;3-2(4,5)1(6)7/h4-7,15-16H,3,8-12H2,1-2H3,(H,20,21,23);(H,6,7)/t15-,16+,19-;/m1./s1. The molecular formula is C21H26F3N3O3. The zero-order valence-electron chi connectivity index (χ0n) is 17.0. The maximum atomic E-state index is 12.6. The van der Waals surface area contributed by atoms with E-state index in [9.17, 15) is 18.0 Å². The van der Waals surface area contributed by atoms with Gasteiger partial charge in [0, 0.05) is 32.0 Å². The lowest BCUT2D eigenvalue weighted by Gasteiger charge is -2.26. The third kappa shape index (κ3) is 4.35. The van der Waals surface area contributed by atoms with E-state index in [-0.39, 0.29) is 5.91 Å². The van der Waals surface area contributed by atoms with Gasteiger partial charge in [0.1, 0.15) is 11.4 Å². The number of fused-ring (bicyclic) bond motifs is 2. The van der Waals surface area contributed by atoms with E-state index in [0.717, 1.165) is 44.7 Å². The first-order valence-corrected chi connectivity index (χ1v) is 10.0. The Bertz CT molecular complexity index is 855. The second-order valence-electron chi connectivity index (χ2n) is 8.12. The van der Waals surface area contributed by atoms with Crippen LogP contribution in [0.25, 0.3) is 0 Å². The van der Waals surface area contributed by atoms with Gasteiger partial charge in [0.05, 0.1) is 0 Å². The van der Waals surface area contributed by atoms with Crippen molar-refractivity contribution < 1.29 is 27.9 Å². The highest BCUT2D eigenvalue weighted by molar-refractivity contribution is 6.08. The fraction of sp³-hybridized carbons (Fsp3) is 0.571. The van der Waals surface area contributed by atoms with E-state index in [0.29, 0.717) is 11.8 Å². The molecule has 0 unspecified atom stereocenters. The Morgan fingerprint density at radius 3 is 2.57 bits per heavy atom. The number of aliphatic imine (C=N–C) groups is 1. The first-order valence-electron chi connectivity index (χ1n) is 10.0. The van der Waals surface area contributed by atoms with Crippen LogP contribution in [0.15, 0.2) is 29.3 Å². The highest BCUT2D eigenvalue weighted by Gasteiger charge is 2.58. The van der Waals surface area contributed by atoms with Crippen molar-refractivity contribution in [3.05, 3.63) is 35.4 Å². The van der Waals surface area contributed by atoms with Crippen LogP contribution in [-0.2, 0) is 16.1 Å². The maximum absolute atomic E-state index is 12.6. The summed E-state index contributed by atoms with van der Waals surface area (Å²) in [5, 5.41) is 10.1. The van der Waals surface area contributed by atoms with Crippen LogP contribution in [0.1, 0.15) is 37.3 Å². The van der Waals surface area contributed by atoms with Gasteiger partial charge in [-0.1, -0.05) is 31.2 Å². The van der Waals surface area contributed by atoms with Crippen molar-refractivity contribution in [1.82, 2.24) is 10.2 Å². The predicted molar refractivity (Wildman–Crippen MR) is 105 cm³/mol. The fourth-order valence-electron chi connectivity index (χ4n) is 4.69. The number of likely N-dealkylation sites (tertiary alicyclic amines) is 1. The van der Waals surface area contributed by atoms with Gasteiger partial charge in [0.25, 0.3) is 5.91 Å². The van der Waals surface area contributed by atoms with Crippen LogP contribution < -0.4 is 5.32 Å². The van der Waals surface area contributed by atoms with E-state index in [1.165, 1.54) is 11.1 Å². The molecule has 3 atom stereocenters. The minimum atomic E-state index is -5.08. The lowest BCUT2D eigenvalue weighted by molar-refractivity contribution is -0.192. The van der Waals surface area contributed by atoms with E-state index >= 15 is 0 Å². The molecule has 30 heavy (non-hydrogen) atoms. The monoisotopic (exact) mass is 425 g/mol. The highest BCUT2D eigenvalue weighted by atomic mass is 19.4. The summed E-state index contributed by atoms with van der Waals surface area (Å²) in [5.41, 5.74) is 2.29. The summed E-state index contributed by atoms with van der Waals surface area (Å²) >= 11 is 0. The lowest BCUT2D eigenvalue weighted by Crippen LogP contribution is -2.44. The molecule has 0 radical (unpaired) electrons. The molecule has 2 heterocycles. The van der Waals surface area contributed by atoms with Crippen molar-refractivity contribution >= 4 is 17.7 Å². The Labute approximate surface area is 173 Å². The predicted octanol–water partition coefficient (Wildman–Crippen LogP) is 3.15. The van der Waals surface area contributed by atoms with Crippen LogP contribution in [0.2, 0.25) is 0 Å². The smallest absolute Gasteiger partial charge is 0.475 e. The number of aliphatic carboxylic acids is 1. The number of halogens is 3. The van der Waals surface area contributed by atoms with Crippen LogP contribution in [0.5, 0.6) is 0 Å². The summed E-state index contributed by atoms with van der Waals surface area (Å²) < 4.78 is 31.7. The summed E-state index contributed by atoms with van der Waals surface area (Å²) in [6.45, 7) is 7.32. The first-order chi connectivity index (χ1) is 14.1. The molecule has 2 fully saturated rings. The minimum Gasteiger partial charge on any atom is -0.475 e. The number of amidine groups is 1. The summed E-state index contributed by atoms with van der Waals surface area (Å²) in [5.74, 6) is -0.722. The zero-order chi connectivity index (χ0) is 22.1. The molecule has 1 amide bonds. The molecule has 1 saturated carbocycles. The van der Waals surface area contributed by atoms with Crippen molar-refractivity contribution in [2.24, 2.45) is 16.8 Å². The van der Waals surface area contributed by atoms with Crippen LogP contribution in [0, 0.1) is 18.8 Å². The van der Waals surface area contributed by atoms with Gasteiger partial charge in [-0.2, -0.15) is 13.2 Å². The number of hydrogen-bond acceptors (Lipinski definition) is 4. The van der Waals surface area contributed by atoms with Crippen molar-refractivity contribution in [2.75, 3.05) is 13.1 Å². The maximum Gasteiger partial charge on any atom is 0.490 e. The van der Waals surface area contributed by atoms with Gasteiger partial charge < -0.3 is 10.4 Å². The van der Waals surface area contributed by atoms with Gasteiger partial charge in [-0.05, 0) is 36.8 Å². The second kappa shape index (κ2) is 8.37. The van der Waals surface area contributed by atoms with E-state index in [1.807, 2.05) is 0 Å². The molecule has 6 nitrogen and oxygen atoms in total. The van der Waals surface area contributed by atoms with Gasteiger partial charge >= 0.3 is 12.1 Å². The van der Waals surface area contributed by atoms with Crippen LogP contribution in [-0.4, -0.2) is 52.5 Å². The lowest BCUT2D eigenvalue weighted by atomic mass is 9.85. The number of hydrogen-bond donors (Lipinski definition) is 2. The number of aryl methyl sites for hydroxylation is 1. The molecule has 2 N–H and O–H groups in total. The van der Waals surface area contributed by atoms with E-state index in [4.69, 9.17) is 14.9 Å². The number of alkyl halides is 3. The molecule has 4 rings (SSSR count). The molecule has 1 aromatic rings. The molecule has 1 saturated heterocycles. The normalized spacial score (nSPS) is 28.0. The van der Waals surface area contributed by atoms with Gasteiger partial charge in [0.2, 0.25) is 0 Å². The summed E-state index contributed by atoms with van der Waals surface area (Å²) in [7, 11) is 0. The third-order valence-corrected chi connectivity index (χ3v) is 6.24. The molecule has 2 aliphatic heterocycles. The second-order valence-corrected chi connectivity index (χ2v) is 8.12. The number of carboxylic acids is 1. The molecule has 3 aliphatic rings. The van der Waals surface area contributed by atoms with Crippen LogP contribution in [0.3, 0.4) is 0 Å². The van der Waals surface area contributed by atoms with Crippen molar-refractivity contribution in [1.29, 1.82) is 0 Å². The van der Waals surface area contributed by atoms with Gasteiger partial charge in [0.15, 0.2) is 0 Å². The number of carbonyl (C=O) groups excluding carboxylic acids is 1. The Morgan fingerprint density at radius 2 is 2.00 bits per heavy atom. The molecule has 1 spiro atoms. The molecule has 0 bridgehead atoms. The summed E-state index contributed by atoms with van der Waals surface area (Å²) in [4.78, 5) is 28.8. The number of benzene rings is 1. The molecule has 0 aromatic heterocycles. The van der Waals surface area contributed by atoms with Crippen LogP contribution >= 0.6 is 0 Å². The Morgan fingerprint density at radius 1 is 1.33 bits per heavy atom. The van der Waals surface area contributed by atoms with Crippen molar-refractivity contribution in [2.45, 2.75) is 51.4 Å². The summed E-state index contributed by atoms with van der Waals surface area (Å²) in [6, 6.07) is 8.60. The molecule has 1 aromatic carbocycles. The topological polar surface area (TPSA) is 82.0 Å². The average molecular weight is 425 g/mol. The number of nitrogens with one attached hydrogen (secondary N) is 1. The minimum absolute atomic E-state index is 0.152. The highest BCUT2D eigenvalue weighted by Crippen LogP contribution is 2.49. The van der Waals surface area contributed by atoms with Crippen molar-refractivity contribution in [3.63, 3.8) is 0 Å². The quantitative estimate of drug-likeness (QED) is 0.780. The van der Waals surface area contributed by atoms with E-state index in [1.54, 1.807) is 0 Å². The molecule has 1 aliphatic carbocycles. The molecular weight excluding hydrogens is 399 g/mol. The molecule has 9 heteroatoms. The third-order valence-electron chi connectivity index (χ3n) is 6.24. The number of carboxylic acid groups (broad SMARTS) is 1. The number of rotatable bonds is 3. The Balaban J connectivity index is 0.000000318. The average Bonchev–Trinajstić information content (AvgIpc) is 3.32. The molecule has 164 valence electrons. The van der Waals surface area contributed by atoms with Crippen LogP contribution in [0.4, 0.5) is 13.2 Å². The first kappa shape index (κ1) is 22.3. The number of amides is 1. The van der Waals surface area contributed by atoms with Gasteiger partial charge in [-0.25, -0.2) is 4.79 Å². The zero-order valence-corrected chi connectivity index (χ0v) is 17.0. The fourth-order valence-corrected chi connectivity index (χ4v) is 4.69. The number of nitrogens with zero attached hydrogens (tertiary/aromatic N) is 2. The van der Waals surface area contributed by atoms with Gasteiger partial charge in [-0.15, -0.1) is 0 Å². The number of carbonyl (C=O) groups is 2. The van der Waals surface area contributed by atoms with E-state index in [2.05, 4.69) is 48.3 Å². The SMILES string of the molecule is CCC1=N[C@@]2(CC[C@@H]3CN(Cc4ccccc4C)C[C@@H]32)C(=O)N1.O=C(O)C(F)(F)F. The van der Waals surface area contributed by atoms with Crippen molar-refractivity contribution in [3.8, 4) is 0 Å². The summed E-state index contributed by atoms with van der Waals surface area (Å²) in [6.07, 6.45) is -2.21. The van der Waals surface area contributed by atoms with E-state index < -0.39 is 17.7 Å².